The first-order valence-corrected chi connectivity index (χ1v) is 14.4. The lowest BCUT2D eigenvalue weighted by molar-refractivity contribution is -0.142. The van der Waals surface area contributed by atoms with Crippen LogP contribution >= 0.6 is 0 Å². The lowest BCUT2D eigenvalue weighted by Gasteiger charge is -2.33. The Morgan fingerprint density at radius 1 is 0.951 bits per heavy atom. The third kappa shape index (κ3) is 8.90. The van der Waals surface area contributed by atoms with Crippen LogP contribution in [0.5, 0.6) is 5.75 Å². The summed E-state index contributed by atoms with van der Waals surface area (Å²) in [6.07, 6.45) is 7.52. The lowest BCUT2D eigenvalue weighted by Crippen LogP contribution is -2.46. The fourth-order valence-corrected chi connectivity index (χ4v) is 5.19. The van der Waals surface area contributed by atoms with Gasteiger partial charge in [-0.25, -0.2) is 4.98 Å². The number of nitrogens with zero attached hydrogens (tertiary/aromatic N) is 2. The minimum atomic E-state index is -0.797. The number of methoxy groups -OCH3 is 1. The molecule has 8 heteroatoms. The summed E-state index contributed by atoms with van der Waals surface area (Å²) in [5, 5.41) is 6.01. The van der Waals surface area contributed by atoms with Gasteiger partial charge in [0.05, 0.1) is 7.11 Å². The first-order chi connectivity index (χ1) is 19.9. The second kappa shape index (κ2) is 15.0. The Hall–Kier alpha value is -4.20. The van der Waals surface area contributed by atoms with E-state index < -0.39 is 6.04 Å². The molecule has 216 valence electrons. The van der Waals surface area contributed by atoms with Gasteiger partial charge in [-0.3, -0.25) is 14.4 Å². The number of hydrogen-bond acceptors (Lipinski definition) is 5. The number of amides is 3. The van der Waals surface area contributed by atoms with E-state index in [0.29, 0.717) is 12.2 Å². The molecule has 2 N–H and O–H groups in total. The number of carbonyl (C=O) groups excluding carboxylic acids is 3. The molecular formula is C33H40N4O4. The maximum atomic E-state index is 13.9. The van der Waals surface area contributed by atoms with Crippen molar-refractivity contribution >= 4 is 23.5 Å². The highest BCUT2D eigenvalue weighted by Crippen LogP contribution is 2.28. The SMILES string of the molecule is COc1ccc(CN(C(=O)CCCC(=O)Nc2ccccn2)[C@@H](C(=O)NC2CCCCC2)c2ccc(C)cc2)cc1. The maximum absolute atomic E-state index is 13.9. The molecule has 3 amide bonds. The molecule has 3 aromatic rings. The van der Waals surface area contributed by atoms with Crippen molar-refractivity contribution in [3.05, 3.63) is 89.6 Å². The molecule has 1 aromatic heterocycles. The van der Waals surface area contributed by atoms with E-state index in [0.717, 1.165) is 48.1 Å². The summed E-state index contributed by atoms with van der Waals surface area (Å²) in [7, 11) is 1.61. The second-order valence-corrected chi connectivity index (χ2v) is 10.6. The highest BCUT2D eigenvalue weighted by molar-refractivity contribution is 5.91. The number of carbonyl (C=O) groups is 3. The van der Waals surface area contributed by atoms with Crippen LogP contribution in [0.1, 0.15) is 74.1 Å². The molecule has 8 nitrogen and oxygen atoms in total. The van der Waals surface area contributed by atoms with Crippen molar-refractivity contribution in [2.75, 3.05) is 12.4 Å². The number of rotatable bonds is 12. The first-order valence-electron chi connectivity index (χ1n) is 14.4. The van der Waals surface area contributed by atoms with Gasteiger partial charge in [0.1, 0.15) is 17.6 Å². The molecule has 1 aliphatic carbocycles. The largest absolute Gasteiger partial charge is 0.497 e. The fourth-order valence-electron chi connectivity index (χ4n) is 5.19. The van der Waals surface area contributed by atoms with Gasteiger partial charge in [-0.05, 0) is 61.6 Å². The topological polar surface area (TPSA) is 101 Å². The molecule has 41 heavy (non-hydrogen) atoms. The predicted octanol–water partition coefficient (Wildman–Crippen LogP) is 5.73. The standard InChI is InChI=1S/C33H40N4O4/c1-24-14-18-26(19-15-24)32(33(40)35-27-9-4-3-5-10-27)37(23-25-16-20-28(41-2)21-17-25)31(39)13-8-12-30(38)36-29-11-6-7-22-34-29/h6-7,11,14-22,27,32H,3-5,8-10,12-13,23H2,1-2H3,(H,35,40)(H,34,36,38)/t32-/m1/s1. The number of benzene rings is 2. The Morgan fingerprint density at radius 3 is 2.34 bits per heavy atom. The zero-order valence-corrected chi connectivity index (χ0v) is 24.0. The highest BCUT2D eigenvalue weighted by atomic mass is 16.5. The fraction of sp³-hybridized carbons (Fsp3) is 0.394. The third-order valence-corrected chi connectivity index (χ3v) is 7.46. The molecule has 2 aromatic carbocycles. The van der Waals surface area contributed by atoms with Crippen LogP contribution < -0.4 is 15.4 Å². The van der Waals surface area contributed by atoms with Crippen LogP contribution in [0, 0.1) is 6.92 Å². The molecule has 0 unspecified atom stereocenters. The van der Waals surface area contributed by atoms with Gasteiger partial charge < -0.3 is 20.3 Å². The van der Waals surface area contributed by atoms with Crippen molar-refractivity contribution in [1.82, 2.24) is 15.2 Å². The molecule has 0 saturated heterocycles. The van der Waals surface area contributed by atoms with Gasteiger partial charge in [0.15, 0.2) is 0 Å². The van der Waals surface area contributed by atoms with Crippen LogP contribution in [-0.2, 0) is 20.9 Å². The van der Waals surface area contributed by atoms with Crippen LogP contribution in [0.4, 0.5) is 5.82 Å². The zero-order chi connectivity index (χ0) is 29.0. The zero-order valence-electron chi connectivity index (χ0n) is 24.0. The van der Waals surface area contributed by atoms with E-state index in [1.807, 2.05) is 55.5 Å². The predicted molar refractivity (Wildman–Crippen MR) is 159 cm³/mol. The van der Waals surface area contributed by atoms with Crippen LogP contribution in [0.15, 0.2) is 72.9 Å². The van der Waals surface area contributed by atoms with Crippen LogP contribution in [0.25, 0.3) is 0 Å². The number of ether oxygens (including phenoxy) is 1. The summed E-state index contributed by atoms with van der Waals surface area (Å²) in [5.41, 5.74) is 2.72. The Bertz CT molecular complexity index is 1270. The summed E-state index contributed by atoms with van der Waals surface area (Å²) in [6.45, 7) is 2.25. The molecule has 1 atom stereocenters. The molecule has 0 bridgehead atoms. The first kappa shape index (κ1) is 29.8. The Kier molecular flexibility index (Phi) is 10.9. The number of anilines is 1. The number of aromatic nitrogens is 1. The average Bonchev–Trinajstić information content (AvgIpc) is 2.99. The number of pyridine rings is 1. The summed E-state index contributed by atoms with van der Waals surface area (Å²) in [6, 6.07) is 19.9. The molecule has 0 spiro atoms. The molecule has 0 aliphatic heterocycles. The van der Waals surface area contributed by atoms with E-state index in [4.69, 9.17) is 4.74 Å². The molecular weight excluding hydrogens is 516 g/mol. The van der Waals surface area contributed by atoms with E-state index in [-0.39, 0.29) is 43.1 Å². The van der Waals surface area contributed by atoms with E-state index in [9.17, 15) is 14.4 Å². The van der Waals surface area contributed by atoms with Crippen LogP contribution in [0.2, 0.25) is 0 Å². The van der Waals surface area contributed by atoms with E-state index in [2.05, 4.69) is 15.6 Å². The number of hydrogen-bond donors (Lipinski definition) is 2. The Balaban J connectivity index is 1.55. The number of nitrogens with one attached hydrogen (secondary N) is 2. The van der Waals surface area contributed by atoms with Gasteiger partial charge in [0.2, 0.25) is 17.7 Å². The van der Waals surface area contributed by atoms with Gasteiger partial charge in [-0.2, -0.15) is 0 Å². The quantitative estimate of drug-likeness (QED) is 0.297. The van der Waals surface area contributed by atoms with Crippen molar-refractivity contribution in [3.8, 4) is 5.75 Å². The van der Waals surface area contributed by atoms with E-state index in [1.54, 1.807) is 36.4 Å². The van der Waals surface area contributed by atoms with Gasteiger partial charge >= 0.3 is 0 Å². The van der Waals surface area contributed by atoms with Gasteiger partial charge in [0.25, 0.3) is 0 Å². The Labute approximate surface area is 242 Å². The van der Waals surface area contributed by atoms with Crippen molar-refractivity contribution in [3.63, 3.8) is 0 Å². The second-order valence-electron chi connectivity index (χ2n) is 10.6. The van der Waals surface area contributed by atoms with Crippen LogP contribution in [0.3, 0.4) is 0 Å². The minimum Gasteiger partial charge on any atom is -0.497 e. The monoisotopic (exact) mass is 556 g/mol. The minimum absolute atomic E-state index is 0.109. The Morgan fingerprint density at radius 2 is 1.68 bits per heavy atom. The maximum Gasteiger partial charge on any atom is 0.247 e. The summed E-state index contributed by atoms with van der Waals surface area (Å²) in [5.74, 6) is 0.633. The van der Waals surface area contributed by atoms with E-state index >= 15 is 0 Å². The summed E-state index contributed by atoms with van der Waals surface area (Å²) >= 11 is 0. The highest BCUT2D eigenvalue weighted by Gasteiger charge is 2.33. The molecule has 4 rings (SSSR count). The molecule has 1 saturated carbocycles. The van der Waals surface area contributed by atoms with E-state index in [1.165, 1.54) is 6.42 Å². The van der Waals surface area contributed by atoms with Crippen LogP contribution in [-0.4, -0.2) is 40.8 Å². The van der Waals surface area contributed by atoms with Crippen molar-refractivity contribution in [2.45, 2.75) is 76.9 Å². The molecule has 1 aliphatic rings. The van der Waals surface area contributed by atoms with Gasteiger partial charge in [-0.1, -0.05) is 67.3 Å². The summed E-state index contributed by atoms with van der Waals surface area (Å²) in [4.78, 5) is 46.0. The molecule has 1 fully saturated rings. The van der Waals surface area contributed by atoms with Gasteiger partial charge in [0, 0.05) is 31.6 Å². The van der Waals surface area contributed by atoms with Crippen molar-refractivity contribution in [2.24, 2.45) is 0 Å². The lowest BCUT2D eigenvalue weighted by atomic mass is 9.94. The third-order valence-electron chi connectivity index (χ3n) is 7.46. The average molecular weight is 557 g/mol. The van der Waals surface area contributed by atoms with Crippen molar-refractivity contribution < 1.29 is 19.1 Å². The summed E-state index contributed by atoms with van der Waals surface area (Å²) < 4.78 is 5.30. The molecule has 1 heterocycles. The van der Waals surface area contributed by atoms with Crippen molar-refractivity contribution in [1.29, 1.82) is 0 Å². The normalized spacial score (nSPS) is 14.1. The van der Waals surface area contributed by atoms with Gasteiger partial charge in [-0.15, -0.1) is 0 Å². The number of aryl methyl sites for hydroxylation is 1. The smallest absolute Gasteiger partial charge is 0.247 e. The molecule has 0 radical (unpaired) electrons.